The molecular formula is C19H48O9Si2. The Morgan fingerprint density at radius 2 is 0.533 bits per heavy atom. The summed E-state index contributed by atoms with van der Waals surface area (Å²) in [5.41, 5.74) is 0. The van der Waals surface area contributed by atoms with Crippen molar-refractivity contribution in [3.05, 3.63) is 0 Å². The summed E-state index contributed by atoms with van der Waals surface area (Å²) in [6.07, 6.45) is -0.167. The predicted octanol–water partition coefficient (Wildman–Crippen LogP) is 3.52. The van der Waals surface area contributed by atoms with Crippen LogP contribution < -0.4 is 0 Å². The van der Waals surface area contributed by atoms with E-state index in [0.29, 0.717) is 52.9 Å². The van der Waals surface area contributed by atoms with Crippen LogP contribution in [0.3, 0.4) is 0 Å². The maximum Gasteiger partial charge on any atom is 0.679 e. The van der Waals surface area contributed by atoms with Crippen LogP contribution in [-0.2, 0) is 35.4 Å². The molecule has 0 bridgehead atoms. The van der Waals surface area contributed by atoms with E-state index >= 15 is 0 Å². The van der Waals surface area contributed by atoms with Crippen molar-refractivity contribution in [1.82, 2.24) is 0 Å². The first-order valence-electron chi connectivity index (χ1n) is 11.0. The fraction of sp³-hybridized carbons (Fsp3) is 1.00. The lowest BCUT2D eigenvalue weighted by Gasteiger charge is -2.26. The molecule has 30 heavy (non-hydrogen) atoms. The van der Waals surface area contributed by atoms with Gasteiger partial charge in [-0.1, -0.05) is 0 Å². The first-order valence-corrected chi connectivity index (χ1v) is 14.3. The van der Waals surface area contributed by atoms with Gasteiger partial charge in [0.25, 0.3) is 0 Å². The van der Waals surface area contributed by atoms with Gasteiger partial charge in [-0.05, 0) is 69.2 Å². The molecule has 0 unspecified atom stereocenters. The van der Waals surface area contributed by atoms with Crippen molar-refractivity contribution in [3.63, 3.8) is 0 Å². The van der Waals surface area contributed by atoms with E-state index in [9.17, 15) is 0 Å². The van der Waals surface area contributed by atoms with Crippen molar-refractivity contribution >= 4 is 18.1 Å². The Balaban J connectivity index is -0.000000412. The molecule has 0 saturated heterocycles. The summed E-state index contributed by atoms with van der Waals surface area (Å²) in [7, 11) is -5.59. The Bertz CT molecular complexity index is 247. The molecule has 0 aromatic heterocycles. The highest BCUT2D eigenvalue weighted by molar-refractivity contribution is 6.53. The molecule has 0 saturated carbocycles. The highest BCUT2D eigenvalue weighted by atomic mass is 28.4. The van der Waals surface area contributed by atoms with Crippen LogP contribution in [0.2, 0.25) is 0 Å². The Hall–Kier alpha value is 0.0738. The SMILES string of the molecule is CC(C)O.CCO[Si](OCC)(OCC)OCC.CCO[Si](OCC)(OCC)OCC. The Morgan fingerprint density at radius 3 is 0.600 bits per heavy atom. The summed E-state index contributed by atoms with van der Waals surface area (Å²) in [4.78, 5) is 0. The molecule has 0 amide bonds. The van der Waals surface area contributed by atoms with Gasteiger partial charge in [0.2, 0.25) is 0 Å². The monoisotopic (exact) mass is 476 g/mol. The number of hydrogen-bond acceptors (Lipinski definition) is 9. The molecule has 0 aliphatic carbocycles. The second kappa shape index (κ2) is 23.7. The first kappa shape index (κ1) is 34.7. The second-order valence-corrected chi connectivity index (χ2v) is 9.87. The van der Waals surface area contributed by atoms with Crippen LogP contribution in [0, 0.1) is 0 Å². The molecule has 0 aromatic carbocycles. The molecule has 0 rings (SSSR count). The molecule has 0 fully saturated rings. The number of hydrogen-bond donors (Lipinski definition) is 1. The van der Waals surface area contributed by atoms with Gasteiger partial charge >= 0.3 is 18.1 Å². The van der Waals surface area contributed by atoms with E-state index in [1.807, 2.05) is 55.4 Å². The lowest BCUT2D eigenvalue weighted by Crippen LogP contribution is -2.49. The molecule has 0 radical (unpaired) electrons. The molecule has 0 atom stereocenters. The van der Waals surface area contributed by atoms with Gasteiger partial charge in [0.15, 0.2) is 0 Å². The largest absolute Gasteiger partial charge is 0.679 e. The zero-order valence-corrected chi connectivity index (χ0v) is 22.9. The van der Waals surface area contributed by atoms with Gasteiger partial charge < -0.3 is 40.5 Å². The van der Waals surface area contributed by atoms with Crippen molar-refractivity contribution in [2.24, 2.45) is 0 Å². The van der Waals surface area contributed by atoms with Crippen LogP contribution in [0.4, 0.5) is 0 Å². The fourth-order valence-electron chi connectivity index (χ4n) is 1.91. The predicted molar refractivity (Wildman–Crippen MR) is 122 cm³/mol. The molecule has 0 aliphatic rings. The summed E-state index contributed by atoms with van der Waals surface area (Å²) in [6, 6.07) is 0. The summed E-state index contributed by atoms with van der Waals surface area (Å²) >= 11 is 0. The molecule has 0 aromatic rings. The maximum atomic E-state index is 8.06. The van der Waals surface area contributed by atoms with Crippen LogP contribution >= 0.6 is 0 Å². The number of rotatable bonds is 16. The van der Waals surface area contributed by atoms with Crippen molar-refractivity contribution < 1.29 is 40.5 Å². The summed E-state index contributed by atoms with van der Waals surface area (Å²) < 4.78 is 43.4. The van der Waals surface area contributed by atoms with E-state index in [1.165, 1.54) is 0 Å². The fourth-order valence-corrected chi connectivity index (χ4v) is 5.74. The van der Waals surface area contributed by atoms with E-state index in [0.717, 1.165) is 0 Å². The number of aliphatic hydroxyl groups excluding tert-OH is 1. The van der Waals surface area contributed by atoms with E-state index in [4.69, 9.17) is 40.5 Å². The van der Waals surface area contributed by atoms with Gasteiger partial charge in [-0.25, -0.2) is 0 Å². The second-order valence-electron chi connectivity index (χ2n) is 5.56. The Kier molecular flexibility index (Phi) is 27.4. The van der Waals surface area contributed by atoms with Crippen LogP contribution in [0.1, 0.15) is 69.2 Å². The third-order valence-corrected chi connectivity index (χ3v) is 7.71. The zero-order chi connectivity index (χ0) is 23.9. The summed E-state index contributed by atoms with van der Waals surface area (Å²) in [6.45, 7) is 23.0. The average molecular weight is 477 g/mol. The quantitative estimate of drug-likeness (QED) is 0.336. The lowest BCUT2D eigenvalue weighted by atomic mass is 10.5. The van der Waals surface area contributed by atoms with Gasteiger partial charge in [-0.2, -0.15) is 0 Å². The van der Waals surface area contributed by atoms with Crippen molar-refractivity contribution in [3.8, 4) is 0 Å². The molecule has 0 heterocycles. The van der Waals surface area contributed by atoms with Crippen LogP contribution in [-0.4, -0.2) is 82.2 Å². The molecular weight excluding hydrogens is 428 g/mol. The Labute approximate surface area is 187 Å². The molecule has 0 aliphatic heterocycles. The van der Waals surface area contributed by atoms with Gasteiger partial charge in [0.05, 0.1) is 0 Å². The highest BCUT2D eigenvalue weighted by Crippen LogP contribution is 2.12. The topological polar surface area (TPSA) is 94.1 Å². The first-order chi connectivity index (χ1) is 14.2. The minimum absolute atomic E-state index is 0.167. The normalized spacial score (nSPS) is 11.6. The van der Waals surface area contributed by atoms with Crippen molar-refractivity contribution in [2.45, 2.75) is 75.3 Å². The summed E-state index contributed by atoms with van der Waals surface area (Å²) in [5, 5.41) is 8.06. The van der Waals surface area contributed by atoms with Crippen molar-refractivity contribution in [1.29, 1.82) is 0 Å². The van der Waals surface area contributed by atoms with E-state index in [-0.39, 0.29) is 6.10 Å². The maximum absolute atomic E-state index is 8.06. The van der Waals surface area contributed by atoms with Gasteiger partial charge in [-0.15, -0.1) is 0 Å². The average Bonchev–Trinajstić information content (AvgIpc) is 2.64. The molecule has 0 spiro atoms. The molecule has 11 heteroatoms. The molecule has 1 N–H and O–H groups in total. The lowest BCUT2D eigenvalue weighted by molar-refractivity contribution is -0.0257. The van der Waals surface area contributed by atoms with Crippen LogP contribution in [0.5, 0.6) is 0 Å². The van der Waals surface area contributed by atoms with Gasteiger partial charge in [0.1, 0.15) is 0 Å². The minimum Gasteiger partial charge on any atom is -0.394 e. The van der Waals surface area contributed by atoms with Gasteiger partial charge in [-0.3, -0.25) is 0 Å². The highest BCUT2D eigenvalue weighted by Gasteiger charge is 2.45. The standard InChI is InChI=1S/2C8H20O4Si.C3H8O/c2*1-5-9-13(10-6-2,11-7-3)12-8-4;1-3(2)4/h2*5-8H2,1-4H3;3-4H,1-2H3. The molecule has 9 nitrogen and oxygen atoms in total. The molecule has 186 valence electrons. The van der Waals surface area contributed by atoms with Crippen LogP contribution in [0.15, 0.2) is 0 Å². The number of aliphatic hydroxyl groups is 1. The van der Waals surface area contributed by atoms with Crippen molar-refractivity contribution in [2.75, 3.05) is 52.9 Å². The van der Waals surface area contributed by atoms with E-state index < -0.39 is 18.1 Å². The Morgan fingerprint density at radius 1 is 0.433 bits per heavy atom. The van der Waals surface area contributed by atoms with Crippen LogP contribution in [0.25, 0.3) is 0 Å². The minimum atomic E-state index is -2.80. The van der Waals surface area contributed by atoms with E-state index in [1.54, 1.807) is 13.8 Å². The summed E-state index contributed by atoms with van der Waals surface area (Å²) in [5.74, 6) is 0. The third kappa shape index (κ3) is 20.0. The van der Waals surface area contributed by atoms with E-state index in [2.05, 4.69) is 0 Å². The zero-order valence-electron chi connectivity index (χ0n) is 20.9. The smallest absolute Gasteiger partial charge is 0.394 e. The third-order valence-electron chi connectivity index (χ3n) is 2.57. The van der Waals surface area contributed by atoms with Gasteiger partial charge in [0, 0.05) is 59.0 Å².